The van der Waals surface area contributed by atoms with Gasteiger partial charge in [-0.15, -0.1) is 0 Å². The van der Waals surface area contributed by atoms with Crippen LogP contribution in [-0.2, 0) is 10.0 Å². The molecular weight excluding hydrogens is 270 g/mol. The van der Waals surface area contributed by atoms with E-state index in [9.17, 15) is 13.2 Å². The van der Waals surface area contributed by atoms with E-state index in [1.54, 1.807) is 13.8 Å². The molecule has 0 saturated heterocycles. The van der Waals surface area contributed by atoms with Gasteiger partial charge in [0.1, 0.15) is 0 Å². The SMILES string of the molecule is CC(C)(C#N)CNS(=O)(=O)c1ccc(C(=O)O)cn1. The summed E-state index contributed by atoms with van der Waals surface area (Å²) in [5.41, 5.74) is -0.940. The Morgan fingerprint density at radius 2 is 2.16 bits per heavy atom. The molecule has 0 spiro atoms. The highest BCUT2D eigenvalue weighted by Gasteiger charge is 2.22. The molecule has 8 heteroatoms. The average Bonchev–Trinajstić information content (AvgIpc) is 2.37. The summed E-state index contributed by atoms with van der Waals surface area (Å²) in [4.78, 5) is 14.2. The number of nitrogens with zero attached hydrogens (tertiary/aromatic N) is 2. The molecule has 7 nitrogen and oxygen atoms in total. The topological polar surface area (TPSA) is 120 Å². The van der Waals surface area contributed by atoms with Gasteiger partial charge in [0, 0.05) is 12.7 Å². The molecule has 1 rings (SSSR count). The zero-order valence-corrected chi connectivity index (χ0v) is 11.2. The van der Waals surface area contributed by atoms with Gasteiger partial charge in [-0.05, 0) is 26.0 Å². The largest absolute Gasteiger partial charge is 0.478 e. The van der Waals surface area contributed by atoms with E-state index in [0.29, 0.717) is 0 Å². The standard InChI is InChI=1S/C11H13N3O4S/c1-11(2,6-12)7-14-19(17,18)9-4-3-8(5-13-9)10(15)16/h3-5,14H,7H2,1-2H3,(H,15,16). The molecule has 0 unspecified atom stereocenters. The lowest BCUT2D eigenvalue weighted by Crippen LogP contribution is -2.33. The fraction of sp³-hybridized carbons (Fsp3) is 0.364. The van der Waals surface area contributed by atoms with Crippen molar-refractivity contribution in [1.29, 1.82) is 5.26 Å². The zero-order valence-electron chi connectivity index (χ0n) is 10.4. The molecule has 0 fully saturated rings. The van der Waals surface area contributed by atoms with Crippen LogP contribution in [0, 0.1) is 16.7 Å². The van der Waals surface area contributed by atoms with Crippen molar-refractivity contribution in [3.8, 4) is 6.07 Å². The van der Waals surface area contributed by atoms with E-state index in [-0.39, 0.29) is 17.1 Å². The van der Waals surface area contributed by atoms with Gasteiger partial charge in [-0.1, -0.05) is 0 Å². The third kappa shape index (κ3) is 4.01. The Bertz CT molecular complexity index is 614. The van der Waals surface area contributed by atoms with Gasteiger partial charge in [-0.3, -0.25) is 0 Å². The Morgan fingerprint density at radius 3 is 2.58 bits per heavy atom. The van der Waals surface area contributed by atoms with Crippen molar-refractivity contribution in [2.45, 2.75) is 18.9 Å². The van der Waals surface area contributed by atoms with Crippen LogP contribution < -0.4 is 4.72 Å². The molecule has 0 amide bonds. The van der Waals surface area contributed by atoms with Gasteiger partial charge in [0.2, 0.25) is 0 Å². The number of pyridine rings is 1. The number of rotatable bonds is 5. The number of hydrogen-bond acceptors (Lipinski definition) is 5. The van der Waals surface area contributed by atoms with Crippen LogP contribution in [0.3, 0.4) is 0 Å². The summed E-state index contributed by atoms with van der Waals surface area (Å²) in [5.74, 6) is -1.19. The van der Waals surface area contributed by atoms with Crippen molar-refractivity contribution in [1.82, 2.24) is 9.71 Å². The maximum absolute atomic E-state index is 11.8. The fourth-order valence-corrected chi connectivity index (χ4v) is 2.19. The van der Waals surface area contributed by atoms with Crippen molar-refractivity contribution < 1.29 is 18.3 Å². The van der Waals surface area contributed by atoms with Crippen molar-refractivity contribution >= 4 is 16.0 Å². The van der Waals surface area contributed by atoms with Gasteiger partial charge in [0.15, 0.2) is 5.03 Å². The van der Waals surface area contributed by atoms with E-state index in [1.165, 1.54) is 0 Å². The summed E-state index contributed by atoms with van der Waals surface area (Å²) in [5, 5.41) is 17.2. The number of hydrogen-bond donors (Lipinski definition) is 2. The predicted molar refractivity (Wildman–Crippen MR) is 65.8 cm³/mol. The van der Waals surface area contributed by atoms with Crippen molar-refractivity contribution in [3.05, 3.63) is 23.9 Å². The molecule has 0 bridgehead atoms. The molecule has 0 aliphatic rings. The number of aromatic nitrogens is 1. The van der Waals surface area contributed by atoms with Crippen molar-refractivity contribution in [2.24, 2.45) is 5.41 Å². The van der Waals surface area contributed by atoms with Gasteiger partial charge in [0.25, 0.3) is 10.0 Å². The van der Waals surface area contributed by atoms with Crippen LogP contribution in [-0.4, -0.2) is 31.0 Å². The van der Waals surface area contributed by atoms with E-state index in [0.717, 1.165) is 18.3 Å². The number of nitrogens with one attached hydrogen (secondary N) is 1. The number of sulfonamides is 1. The van der Waals surface area contributed by atoms with Crippen LogP contribution >= 0.6 is 0 Å². The maximum atomic E-state index is 11.8. The number of nitriles is 1. The summed E-state index contributed by atoms with van der Waals surface area (Å²) in [6, 6.07) is 4.22. The zero-order chi connectivity index (χ0) is 14.7. The highest BCUT2D eigenvalue weighted by molar-refractivity contribution is 7.89. The van der Waals surface area contributed by atoms with E-state index in [2.05, 4.69) is 9.71 Å². The lowest BCUT2D eigenvalue weighted by Gasteiger charge is -2.15. The summed E-state index contributed by atoms with van der Waals surface area (Å²) in [6.07, 6.45) is 0.965. The van der Waals surface area contributed by atoms with Crippen LogP contribution in [0.15, 0.2) is 23.4 Å². The number of carboxylic acids is 1. The Balaban J connectivity index is 2.90. The first-order chi connectivity index (χ1) is 8.68. The number of carbonyl (C=O) groups is 1. The van der Waals surface area contributed by atoms with Crippen LogP contribution in [0.25, 0.3) is 0 Å². The second-order valence-electron chi connectivity index (χ2n) is 4.51. The van der Waals surface area contributed by atoms with Crippen molar-refractivity contribution in [3.63, 3.8) is 0 Å². The van der Waals surface area contributed by atoms with Crippen molar-refractivity contribution in [2.75, 3.05) is 6.54 Å². The second kappa shape index (κ2) is 5.34. The molecule has 1 aromatic heterocycles. The molecule has 19 heavy (non-hydrogen) atoms. The van der Waals surface area contributed by atoms with Crippen LogP contribution in [0.4, 0.5) is 0 Å². The summed E-state index contributed by atoms with van der Waals surface area (Å²) in [7, 11) is -3.85. The summed E-state index contributed by atoms with van der Waals surface area (Å²) < 4.78 is 25.9. The predicted octanol–water partition coefficient (Wildman–Crippen LogP) is 0.608. The van der Waals surface area contributed by atoms with Gasteiger partial charge in [0.05, 0.1) is 17.0 Å². The van der Waals surface area contributed by atoms with E-state index in [1.807, 2.05) is 6.07 Å². The normalized spacial score (nSPS) is 11.8. The minimum absolute atomic E-state index is 0.0613. The second-order valence-corrected chi connectivity index (χ2v) is 6.22. The van der Waals surface area contributed by atoms with Crippen LogP contribution in [0.2, 0.25) is 0 Å². The molecule has 0 saturated carbocycles. The minimum atomic E-state index is -3.85. The van der Waals surface area contributed by atoms with Gasteiger partial charge >= 0.3 is 5.97 Å². The smallest absolute Gasteiger partial charge is 0.337 e. The first kappa shape index (κ1) is 15.1. The van der Waals surface area contributed by atoms with Crippen LogP contribution in [0.5, 0.6) is 0 Å². The summed E-state index contributed by atoms with van der Waals surface area (Å²) in [6.45, 7) is 3.13. The van der Waals surface area contributed by atoms with Gasteiger partial charge < -0.3 is 5.11 Å². The maximum Gasteiger partial charge on any atom is 0.337 e. The molecular formula is C11H13N3O4S. The molecule has 0 aromatic carbocycles. The molecule has 0 atom stereocenters. The minimum Gasteiger partial charge on any atom is -0.478 e. The third-order valence-electron chi connectivity index (χ3n) is 2.27. The highest BCUT2D eigenvalue weighted by Crippen LogP contribution is 2.13. The first-order valence-corrected chi connectivity index (χ1v) is 6.76. The van der Waals surface area contributed by atoms with Crippen LogP contribution in [0.1, 0.15) is 24.2 Å². The Morgan fingerprint density at radius 1 is 1.53 bits per heavy atom. The highest BCUT2D eigenvalue weighted by atomic mass is 32.2. The molecule has 0 aliphatic heterocycles. The van der Waals surface area contributed by atoms with E-state index < -0.39 is 21.4 Å². The number of aromatic carboxylic acids is 1. The Kier molecular flexibility index (Phi) is 4.24. The lowest BCUT2D eigenvalue weighted by atomic mass is 9.97. The molecule has 0 radical (unpaired) electrons. The number of carboxylic acid groups (broad SMARTS) is 1. The Hall–Kier alpha value is -1.98. The lowest BCUT2D eigenvalue weighted by molar-refractivity contribution is 0.0696. The molecule has 0 aliphatic carbocycles. The first-order valence-electron chi connectivity index (χ1n) is 5.28. The monoisotopic (exact) mass is 283 g/mol. The van der Waals surface area contributed by atoms with Gasteiger partial charge in [-0.2, -0.15) is 5.26 Å². The Labute approximate surface area is 110 Å². The molecule has 1 heterocycles. The van der Waals surface area contributed by atoms with E-state index >= 15 is 0 Å². The molecule has 102 valence electrons. The molecule has 2 N–H and O–H groups in total. The van der Waals surface area contributed by atoms with E-state index in [4.69, 9.17) is 10.4 Å². The van der Waals surface area contributed by atoms with Gasteiger partial charge in [-0.25, -0.2) is 22.9 Å². The fourth-order valence-electron chi connectivity index (χ4n) is 1.05. The average molecular weight is 283 g/mol. The molecule has 1 aromatic rings. The quantitative estimate of drug-likeness (QED) is 0.816. The third-order valence-corrected chi connectivity index (χ3v) is 3.58. The summed E-state index contributed by atoms with van der Waals surface area (Å²) >= 11 is 0.